The van der Waals surface area contributed by atoms with Gasteiger partial charge in [-0.3, -0.25) is 0 Å². The van der Waals surface area contributed by atoms with Gasteiger partial charge in [-0.25, -0.2) is 0 Å². The topological polar surface area (TPSA) is 0 Å². The maximum Gasteiger partial charge on any atom is -0.00980 e. The van der Waals surface area contributed by atoms with Crippen LogP contribution in [0.4, 0.5) is 0 Å². The molecular weight excluding hydrogens is 148 g/mol. The Morgan fingerprint density at radius 1 is 0.889 bits per heavy atom. The fraction of sp³-hybridized carbons (Fsp3) is 1.00. The minimum atomic E-state index is 1.01. The van der Waals surface area contributed by atoms with Crippen LogP contribution in [0, 0.1) is 0 Å². The molecule has 0 bridgehead atoms. The second-order valence-corrected chi connectivity index (χ2v) is 2.70. The van der Waals surface area contributed by atoms with Gasteiger partial charge in [-0.2, -0.15) is 25.3 Å². The lowest BCUT2D eigenvalue weighted by Crippen LogP contribution is -1.65. The molecule has 0 saturated heterocycles. The maximum absolute atomic E-state index is 4.00. The molecule has 0 aromatic rings. The van der Waals surface area contributed by atoms with Crippen molar-refractivity contribution >= 4 is 25.3 Å². The zero-order chi connectivity index (χ0) is 7.54. The van der Waals surface area contributed by atoms with Crippen molar-refractivity contribution in [1.29, 1.82) is 0 Å². The molecule has 0 unspecified atom stereocenters. The van der Waals surface area contributed by atoms with Gasteiger partial charge in [0.25, 0.3) is 0 Å². The number of hydrogen-bond donors (Lipinski definition) is 2. The first-order chi connectivity index (χ1) is 4.33. The number of unbranched alkanes of at least 4 members (excludes halogenated alkanes) is 1. The van der Waals surface area contributed by atoms with Crippen molar-refractivity contribution in [3.8, 4) is 0 Å². The highest BCUT2D eigenvalue weighted by Gasteiger charge is 1.68. The van der Waals surface area contributed by atoms with E-state index >= 15 is 0 Å². The summed E-state index contributed by atoms with van der Waals surface area (Å²) >= 11 is 7.92. The lowest BCUT2D eigenvalue weighted by Gasteiger charge is -1.78. The fourth-order valence-corrected chi connectivity index (χ4v) is 0.474. The van der Waals surface area contributed by atoms with Gasteiger partial charge in [0, 0.05) is 0 Å². The maximum atomic E-state index is 4.00. The van der Waals surface area contributed by atoms with Gasteiger partial charge in [0.1, 0.15) is 0 Å². The lowest BCUT2D eigenvalue weighted by molar-refractivity contribution is 0.899. The zero-order valence-electron chi connectivity index (χ0n) is 6.43. The minimum absolute atomic E-state index is 1.01. The fourth-order valence-electron chi connectivity index (χ4n) is 0.158. The molecule has 0 nitrogen and oxygen atoms in total. The molecule has 2 heteroatoms. The van der Waals surface area contributed by atoms with Crippen LogP contribution in [0.25, 0.3) is 0 Å². The van der Waals surface area contributed by atoms with Crippen molar-refractivity contribution in [3.05, 3.63) is 0 Å². The molecular formula is C7H18S2. The molecule has 0 fully saturated rings. The smallest absolute Gasteiger partial charge is 0.00980 e. The quantitative estimate of drug-likeness (QED) is 0.592. The van der Waals surface area contributed by atoms with E-state index in [0.717, 1.165) is 11.5 Å². The Bertz CT molecular complexity index is 26.1. The van der Waals surface area contributed by atoms with Crippen LogP contribution in [0.5, 0.6) is 0 Å². The summed E-state index contributed by atoms with van der Waals surface area (Å²) in [7, 11) is 0. The van der Waals surface area contributed by atoms with Crippen LogP contribution in [-0.4, -0.2) is 11.5 Å². The van der Waals surface area contributed by atoms with Gasteiger partial charge < -0.3 is 0 Å². The summed E-state index contributed by atoms with van der Waals surface area (Å²) in [6, 6.07) is 0. The summed E-state index contributed by atoms with van der Waals surface area (Å²) in [6.07, 6.45) is 3.70. The van der Waals surface area contributed by atoms with Gasteiger partial charge in [0.2, 0.25) is 0 Å². The first kappa shape index (κ1) is 12.4. The highest BCUT2D eigenvalue weighted by atomic mass is 32.1. The molecule has 58 valence electrons. The van der Waals surface area contributed by atoms with Crippen molar-refractivity contribution in [3.63, 3.8) is 0 Å². The van der Waals surface area contributed by atoms with E-state index in [9.17, 15) is 0 Å². The Morgan fingerprint density at radius 2 is 1.33 bits per heavy atom. The average Bonchev–Trinajstić information content (AvgIpc) is 1.91. The van der Waals surface area contributed by atoms with E-state index in [4.69, 9.17) is 0 Å². The van der Waals surface area contributed by atoms with Crippen LogP contribution < -0.4 is 0 Å². The van der Waals surface area contributed by atoms with E-state index < -0.39 is 0 Å². The second-order valence-electron chi connectivity index (χ2n) is 1.80. The SMILES string of the molecule is CCCCS.CCCS. The molecule has 0 radical (unpaired) electrons. The van der Waals surface area contributed by atoms with E-state index in [2.05, 4.69) is 39.1 Å². The monoisotopic (exact) mass is 166 g/mol. The van der Waals surface area contributed by atoms with Gasteiger partial charge >= 0.3 is 0 Å². The Kier molecular flexibility index (Phi) is 21.8. The number of thiol groups is 2. The van der Waals surface area contributed by atoms with Gasteiger partial charge in [-0.1, -0.05) is 20.3 Å². The molecule has 9 heavy (non-hydrogen) atoms. The van der Waals surface area contributed by atoms with Crippen LogP contribution in [0.3, 0.4) is 0 Å². The van der Waals surface area contributed by atoms with Crippen LogP contribution in [0.1, 0.15) is 33.1 Å². The van der Waals surface area contributed by atoms with Gasteiger partial charge in [-0.15, -0.1) is 0 Å². The normalized spacial score (nSPS) is 8.00. The highest BCUT2D eigenvalue weighted by Crippen LogP contribution is 1.85. The van der Waals surface area contributed by atoms with E-state index in [1.165, 1.54) is 19.3 Å². The third kappa shape index (κ3) is 28.5. The lowest BCUT2D eigenvalue weighted by atomic mass is 10.4. The minimum Gasteiger partial charge on any atom is -0.179 e. The molecule has 0 amide bonds. The molecule has 0 spiro atoms. The summed E-state index contributed by atoms with van der Waals surface area (Å²) in [6.45, 7) is 4.27. The average molecular weight is 166 g/mol. The predicted molar refractivity (Wildman–Crippen MR) is 52.9 cm³/mol. The van der Waals surface area contributed by atoms with Gasteiger partial charge in [0.05, 0.1) is 0 Å². The molecule has 0 atom stereocenters. The Hall–Kier alpha value is 0.700. The van der Waals surface area contributed by atoms with E-state index in [1.54, 1.807) is 0 Å². The van der Waals surface area contributed by atoms with Crippen LogP contribution in [0.2, 0.25) is 0 Å². The number of rotatable bonds is 3. The van der Waals surface area contributed by atoms with E-state index in [-0.39, 0.29) is 0 Å². The third-order valence-corrected chi connectivity index (χ3v) is 1.50. The van der Waals surface area contributed by atoms with Gasteiger partial charge in [0.15, 0.2) is 0 Å². The van der Waals surface area contributed by atoms with Crippen LogP contribution >= 0.6 is 25.3 Å². The molecule has 0 saturated carbocycles. The zero-order valence-corrected chi connectivity index (χ0v) is 8.22. The highest BCUT2D eigenvalue weighted by molar-refractivity contribution is 7.80. The molecule has 0 aromatic heterocycles. The van der Waals surface area contributed by atoms with Crippen molar-refractivity contribution in [2.45, 2.75) is 33.1 Å². The van der Waals surface area contributed by atoms with Crippen molar-refractivity contribution in [2.75, 3.05) is 11.5 Å². The summed E-state index contributed by atoms with van der Waals surface area (Å²) in [5.74, 6) is 2.05. The van der Waals surface area contributed by atoms with Crippen molar-refractivity contribution in [1.82, 2.24) is 0 Å². The molecule has 0 aliphatic rings. The first-order valence-corrected chi connectivity index (χ1v) is 4.81. The second kappa shape index (κ2) is 15.9. The molecule has 0 aromatic carbocycles. The number of hydrogen-bond acceptors (Lipinski definition) is 2. The molecule has 0 N–H and O–H groups in total. The van der Waals surface area contributed by atoms with Crippen molar-refractivity contribution in [2.24, 2.45) is 0 Å². The molecule has 0 rings (SSSR count). The first-order valence-electron chi connectivity index (χ1n) is 3.55. The predicted octanol–water partition coefficient (Wildman–Crippen LogP) is 3.04. The molecule has 0 heterocycles. The third-order valence-electron chi connectivity index (χ3n) is 0.735. The van der Waals surface area contributed by atoms with Crippen molar-refractivity contribution < 1.29 is 0 Å². The van der Waals surface area contributed by atoms with Crippen LogP contribution in [-0.2, 0) is 0 Å². The summed E-state index contributed by atoms with van der Waals surface area (Å²) in [5, 5.41) is 0. The Balaban J connectivity index is 0. The van der Waals surface area contributed by atoms with E-state index in [0.29, 0.717) is 0 Å². The summed E-state index contributed by atoms with van der Waals surface area (Å²) < 4.78 is 0. The Labute approximate surface area is 70.2 Å². The van der Waals surface area contributed by atoms with E-state index in [1.807, 2.05) is 0 Å². The van der Waals surface area contributed by atoms with Gasteiger partial charge in [-0.05, 0) is 24.3 Å². The van der Waals surface area contributed by atoms with Crippen LogP contribution in [0.15, 0.2) is 0 Å². The largest absolute Gasteiger partial charge is 0.179 e. The standard InChI is InChI=1S/C4H10S.C3H8S/c1-2-3-4-5;1-2-3-4/h5H,2-4H2,1H3;4H,2-3H2,1H3. The Morgan fingerprint density at radius 3 is 1.33 bits per heavy atom. The summed E-state index contributed by atoms with van der Waals surface area (Å²) in [4.78, 5) is 0. The summed E-state index contributed by atoms with van der Waals surface area (Å²) in [5.41, 5.74) is 0. The molecule has 0 aliphatic heterocycles. The molecule has 0 aliphatic carbocycles.